The standard InChI is InChI=1S/C30H42N2.2BrH/c1(3-5-7-13-21-31-23-19-27-15-9-11-17-29(27)25-31)2-4-6-8-14-22-32-24-20-28-16-10-12-18-30(28)26-32;;/h1-4,19-20,23-26H,5-18,21-22H2;2*1H/q+2;;/p-2. The number of hydrogen-bond acceptors (Lipinski definition) is 0. The molecule has 4 rings (SSSR count). The van der Waals surface area contributed by atoms with Gasteiger partial charge in [0.15, 0.2) is 24.8 Å². The normalized spacial score (nSPS) is 14.9. The van der Waals surface area contributed by atoms with Crippen molar-refractivity contribution >= 4 is 0 Å². The zero-order valence-electron chi connectivity index (χ0n) is 20.7. The molecule has 2 aromatic heterocycles. The summed E-state index contributed by atoms with van der Waals surface area (Å²) >= 11 is 0. The second-order valence-electron chi connectivity index (χ2n) is 9.73. The molecule has 0 atom stereocenters. The molecule has 0 amide bonds. The predicted molar refractivity (Wildman–Crippen MR) is 133 cm³/mol. The molecule has 0 saturated carbocycles. The first kappa shape index (κ1) is 29.0. The van der Waals surface area contributed by atoms with Crippen LogP contribution in [0.15, 0.2) is 61.2 Å². The summed E-state index contributed by atoms with van der Waals surface area (Å²) in [4.78, 5) is 0. The van der Waals surface area contributed by atoms with Crippen LogP contribution in [0.3, 0.4) is 0 Å². The highest BCUT2D eigenvalue weighted by atomic mass is 79.9. The average molecular weight is 590 g/mol. The molecule has 0 radical (unpaired) electrons. The molecule has 0 saturated heterocycles. The second-order valence-corrected chi connectivity index (χ2v) is 9.73. The van der Waals surface area contributed by atoms with Crippen LogP contribution in [0, 0.1) is 0 Å². The number of rotatable bonds is 11. The van der Waals surface area contributed by atoms with Gasteiger partial charge in [-0.1, -0.05) is 24.3 Å². The van der Waals surface area contributed by atoms with Crippen LogP contribution in [-0.2, 0) is 38.8 Å². The van der Waals surface area contributed by atoms with Gasteiger partial charge >= 0.3 is 0 Å². The summed E-state index contributed by atoms with van der Waals surface area (Å²) in [5, 5.41) is 0. The Labute approximate surface area is 228 Å². The Bertz CT molecular complexity index is 845. The molecule has 2 aliphatic carbocycles. The Hall–Kier alpha value is -1.26. The topological polar surface area (TPSA) is 7.76 Å². The van der Waals surface area contributed by atoms with E-state index >= 15 is 0 Å². The van der Waals surface area contributed by atoms with Gasteiger partial charge in [-0.3, -0.25) is 0 Å². The molecular weight excluding hydrogens is 548 g/mol. The first-order valence-corrected chi connectivity index (χ1v) is 13.2. The van der Waals surface area contributed by atoms with E-state index in [4.69, 9.17) is 0 Å². The Morgan fingerprint density at radius 1 is 0.559 bits per heavy atom. The van der Waals surface area contributed by atoms with E-state index in [1.807, 2.05) is 0 Å². The first-order valence-electron chi connectivity index (χ1n) is 13.2. The van der Waals surface area contributed by atoms with Crippen LogP contribution in [0.4, 0.5) is 0 Å². The molecule has 0 unspecified atom stereocenters. The van der Waals surface area contributed by atoms with E-state index in [0.29, 0.717) is 0 Å². The first-order chi connectivity index (χ1) is 15.9. The van der Waals surface area contributed by atoms with Crippen molar-refractivity contribution in [2.24, 2.45) is 0 Å². The van der Waals surface area contributed by atoms with Crippen molar-refractivity contribution in [2.45, 2.75) is 103 Å². The molecular formula is C30H42Br2N2. The monoisotopic (exact) mass is 588 g/mol. The molecule has 2 aliphatic rings. The van der Waals surface area contributed by atoms with Crippen molar-refractivity contribution in [3.63, 3.8) is 0 Å². The van der Waals surface area contributed by atoms with Gasteiger partial charge in [0.2, 0.25) is 0 Å². The SMILES string of the molecule is C(C=CCCCC[n+]1ccc2c(c1)CCCC2)=CCCCC[n+]1ccc2c(c1)CCCC2.[Br-].[Br-]. The molecule has 2 heterocycles. The maximum Gasteiger partial charge on any atom is 0.172 e. The quantitative estimate of drug-likeness (QED) is 0.201. The Morgan fingerprint density at radius 2 is 0.971 bits per heavy atom. The Balaban J connectivity index is 0.00000204. The summed E-state index contributed by atoms with van der Waals surface area (Å²) in [5.74, 6) is 0. The van der Waals surface area contributed by atoms with E-state index in [1.54, 1.807) is 22.3 Å². The number of hydrogen-bond donors (Lipinski definition) is 0. The van der Waals surface area contributed by atoms with Gasteiger partial charge in [0.05, 0.1) is 0 Å². The number of aromatic nitrogens is 2. The molecule has 4 heteroatoms. The molecule has 0 fully saturated rings. The van der Waals surface area contributed by atoms with Crippen LogP contribution in [0.2, 0.25) is 0 Å². The molecule has 0 aromatic carbocycles. The van der Waals surface area contributed by atoms with Gasteiger partial charge in [-0.15, -0.1) is 0 Å². The summed E-state index contributed by atoms with van der Waals surface area (Å²) in [7, 11) is 0. The van der Waals surface area contributed by atoms with Gasteiger partial charge in [0.1, 0.15) is 13.1 Å². The van der Waals surface area contributed by atoms with E-state index in [-0.39, 0.29) is 34.0 Å². The maximum absolute atomic E-state index is 2.40. The lowest BCUT2D eigenvalue weighted by molar-refractivity contribution is -0.698. The van der Waals surface area contributed by atoms with Crippen LogP contribution in [0.5, 0.6) is 0 Å². The van der Waals surface area contributed by atoms with Gasteiger partial charge in [-0.05, 0) is 88.2 Å². The van der Waals surface area contributed by atoms with Gasteiger partial charge in [-0.25, -0.2) is 9.13 Å². The molecule has 34 heavy (non-hydrogen) atoms. The third-order valence-corrected chi connectivity index (χ3v) is 7.14. The van der Waals surface area contributed by atoms with Gasteiger partial charge < -0.3 is 34.0 Å². The Morgan fingerprint density at radius 3 is 1.41 bits per heavy atom. The molecule has 0 bridgehead atoms. The zero-order valence-corrected chi connectivity index (χ0v) is 23.9. The molecule has 0 aliphatic heterocycles. The summed E-state index contributed by atoms with van der Waals surface area (Å²) in [6.07, 6.45) is 36.5. The lowest BCUT2D eigenvalue weighted by Gasteiger charge is -2.13. The number of fused-ring (bicyclic) bond motifs is 2. The second kappa shape index (κ2) is 16.4. The van der Waals surface area contributed by atoms with Crippen molar-refractivity contribution in [3.05, 3.63) is 83.5 Å². The minimum Gasteiger partial charge on any atom is -1.00 e. The predicted octanol–water partition coefficient (Wildman–Crippen LogP) is 0.180. The third-order valence-electron chi connectivity index (χ3n) is 7.14. The van der Waals surface area contributed by atoms with Gasteiger partial charge in [0, 0.05) is 36.1 Å². The number of nitrogens with zero attached hydrogens (tertiary/aromatic N) is 2. The minimum absolute atomic E-state index is 0. The zero-order chi connectivity index (χ0) is 21.8. The van der Waals surface area contributed by atoms with Gasteiger partial charge in [0.25, 0.3) is 0 Å². The van der Waals surface area contributed by atoms with Crippen LogP contribution < -0.4 is 43.1 Å². The Kier molecular flexibility index (Phi) is 14.0. The van der Waals surface area contributed by atoms with Crippen molar-refractivity contribution in [3.8, 4) is 0 Å². The number of allylic oxidation sites excluding steroid dienone is 4. The smallest absolute Gasteiger partial charge is 0.172 e. The fourth-order valence-corrected chi connectivity index (χ4v) is 5.18. The molecule has 2 nitrogen and oxygen atoms in total. The van der Waals surface area contributed by atoms with Crippen LogP contribution in [0.1, 0.15) is 86.5 Å². The van der Waals surface area contributed by atoms with E-state index in [9.17, 15) is 0 Å². The largest absolute Gasteiger partial charge is 1.00 e. The highest BCUT2D eigenvalue weighted by Gasteiger charge is 2.14. The maximum atomic E-state index is 2.40. The molecule has 0 N–H and O–H groups in total. The van der Waals surface area contributed by atoms with E-state index in [2.05, 4.69) is 70.4 Å². The van der Waals surface area contributed by atoms with Crippen LogP contribution in [-0.4, -0.2) is 0 Å². The third kappa shape index (κ3) is 9.41. The van der Waals surface area contributed by atoms with Crippen molar-refractivity contribution < 1.29 is 43.1 Å². The fraction of sp³-hybridized carbons (Fsp3) is 0.533. The van der Waals surface area contributed by atoms with E-state index < -0.39 is 0 Å². The van der Waals surface area contributed by atoms with Gasteiger partial charge in [-0.2, -0.15) is 0 Å². The summed E-state index contributed by atoms with van der Waals surface area (Å²) < 4.78 is 4.80. The van der Waals surface area contributed by atoms with Crippen molar-refractivity contribution in [1.29, 1.82) is 0 Å². The lowest BCUT2D eigenvalue weighted by atomic mass is 9.93. The molecule has 0 spiro atoms. The highest BCUT2D eigenvalue weighted by Crippen LogP contribution is 2.19. The van der Waals surface area contributed by atoms with E-state index in [1.165, 1.54) is 89.9 Å². The number of aryl methyl sites for hydroxylation is 6. The van der Waals surface area contributed by atoms with Crippen molar-refractivity contribution in [2.75, 3.05) is 0 Å². The number of unbranched alkanes of at least 4 members (excludes halogenated alkanes) is 4. The fourth-order valence-electron chi connectivity index (χ4n) is 5.18. The lowest BCUT2D eigenvalue weighted by Crippen LogP contribution is -3.00. The molecule has 186 valence electrons. The summed E-state index contributed by atoms with van der Waals surface area (Å²) in [5.41, 5.74) is 6.34. The average Bonchev–Trinajstić information content (AvgIpc) is 2.84. The highest BCUT2D eigenvalue weighted by molar-refractivity contribution is 5.24. The van der Waals surface area contributed by atoms with Crippen molar-refractivity contribution in [1.82, 2.24) is 0 Å². The minimum atomic E-state index is 0. The van der Waals surface area contributed by atoms with Crippen LogP contribution >= 0.6 is 0 Å². The number of pyridine rings is 2. The summed E-state index contributed by atoms with van der Waals surface area (Å²) in [6.45, 7) is 2.30. The van der Waals surface area contributed by atoms with E-state index in [0.717, 1.165) is 13.1 Å². The van der Waals surface area contributed by atoms with Crippen LogP contribution in [0.25, 0.3) is 0 Å². The number of halogens is 2. The summed E-state index contributed by atoms with van der Waals surface area (Å²) in [6, 6.07) is 4.70. The molecule has 2 aromatic rings.